The van der Waals surface area contributed by atoms with Crippen molar-refractivity contribution in [3.05, 3.63) is 36.4 Å². The van der Waals surface area contributed by atoms with Crippen LogP contribution in [-0.2, 0) is 4.79 Å². The number of nitrogens with one attached hydrogen (secondary N) is 1. The van der Waals surface area contributed by atoms with Gasteiger partial charge in [-0.3, -0.25) is 9.78 Å². The Morgan fingerprint density at radius 2 is 2.35 bits per heavy atom. The summed E-state index contributed by atoms with van der Waals surface area (Å²) in [4.78, 5) is 16.1. The summed E-state index contributed by atoms with van der Waals surface area (Å²) in [6.45, 7) is 3.80. The largest absolute Gasteiger partial charge is 0.323 e. The third-order valence-corrected chi connectivity index (χ3v) is 3.76. The molecule has 0 aliphatic rings. The van der Waals surface area contributed by atoms with E-state index in [0.717, 1.165) is 22.8 Å². The molecule has 1 N–H and O–H groups in total. The number of hydrogen-bond acceptors (Lipinski definition) is 4. The summed E-state index contributed by atoms with van der Waals surface area (Å²) in [5, 5.41) is 7.32. The smallest absolute Gasteiger partial charge is 0.228 e. The maximum absolute atomic E-state index is 12.0. The van der Waals surface area contributed by atoms with Gasteiger partial charge in [0.1, 0.15) is 0 Å². The van der Waals surface area contributed by atoms with E-state index in [1.807, 2.05) is 38.4 Å². The zero-order valence-electron chi connectivity index (χ0n) is 11.8. The Morgan fingerprint density at radius 3 is 3.00 bits per heavy atom. The van der Waals surface area contributed by atoms with Crippen molar-refractivity contribution < 1.29 is 4.79 Å². The van der Waals surface area contributed by atoms with E-state index in [2.05, 4.69) is 15.4 Å². The average Bonchev–Trinajstić information content (AvgIpc) is 2.81. The fourth-order valence-electron chi connectivity index (χ4n) is 1.79. The highest BCUT2D eigenvalue weighted by Crippen LogP contribution is 2.17. The Hall–Kier alpha value is -1.82. The molecule has 6 heteroatoms. The Kier molecular flexibility index (Phi) is 4.79. The van der Waals surface area contributed by atoms with Crippen LogP contribution in [0.5, 0.6) is 0 Å². The molecule has 0 aliphatic heterocycles. The highest BCUT2D eigenvalue weighted by Gasteiger charge is 2.15. The van der Waals surface area contributed by atoms with Gasteiger partial charge in [0.15, 0.2) is 0 Å². The van der Waals surface area contributed by atoms with Gasteiger partial charge in [0, 0.05) is 17.9 Å². The first-order valence-corrected chi connectivity index (χ1v) is 7.77. The molecule has 0 aliphatic carbocycles. The number of aryl methyl sites for hydroxylation is 1. The number of pyridine rings is 1. The standard InChI is InChI=1S/C14H18N4OS/c1-10(9-20-3)14(19)16-13-8-18(17-11(13)2)12-5-4-6-15-7-12/h4-8,10H,9H2,1-3H3,(H,16,19). The van der Waals surface area contributed by atoms with Crippen molar-refractivity contribution >= 4 is 23.4 Å². The van der Waals surface area contributed by atoms with Crippen LogP contribution in [0.25, 0.3) is 5.69 Å². The van der Waals surface area contributed by atoms with Crippen molar-refractivity contribution in [3.63, 3.8) is 0 Å². The van der Waals surface area contributed by atoms with Crippen LogP contribution in [0.2, 0.25) is 0 Å². The third-order valence-electron chi connectivity index (χ3n) is 2.93. The van der Waals surface area contributed by atoms with Gasteiger partial charge in [0.25, 0.3) is 0 Å². The second kappa shape index (κ2) is 6.56. The molecule has 1 unspecified atom stereocenters. The van der Waals surface area contributed by atoms with E-state index >= 15 is 0 Å². The summed E-state index contributed by atoms with van der Waals surface area (Å²) in [6, 6.07) is 3.77. The first-order valence-electron chi connectivity index (χ1n) is 6.38. The summed E-state index contributed by atoms with van der Waals surface area (Å²) in [5.41, 5.74) is 2.40. The predicted octanol–water partition coefficient (Wildman–Crippen LogP) is 2.51. The van der Waals surface area contributed by atoms with Crippen molar-refractivity contribution in [2.75, 3.05) is 17.3 Å². The minimum atomic E-state index is -0.0221. The fraction of sp³-hybridized carbons (Fsp3) is 0.357. The van der Waals surface area contributed by atoms with Crippen LogP contribution in [-0.4, -0.2) is 32.7 Å². The van der Waals surface area contributed by atoms with Crippen molar-refractivity contribution in [2.45, 2.75) is 13.8 Å². The predicted molar refractivity (Wildman–Crippen MR) is 82.3 cm³/mol. The molecule has 1 amide bonds. The van der Waals surface area contributed by atoms with Crippen molar-refractivity contribution in [1.82, 2.24) is 14.8 Å². The molecular formula is C14H18N4OS. The summed E-state index contributed by atoms with van der Waals surface area (Å²) in [5.74, 6) is 0.807. The lowest BCUT2D eigenvalue weighted by atomic mass is 10.2. The number of rotatable bonds is 5. The van der Waals surface area contributed by atoms with Gasteiger partial charge in [-0.2, -0.15) is 16.9 Å². The second-order valence-electron chi connectivity index (χ2n) is 4.63. The average molecular weight is 290 g/mol. The van der Waals surface area contributed by atoms with E-state index < -0.39 is 0 Å². The van der Waals surface area contributed by atoms with Crippen LogP contribution >= 0.6 is 11.8 Å². The van der Waals surface area contributed by atoms with Crippen molar-refractivity contribution in [2.24, 2.45) is 5.92 Å². The minimum absolute atomic E-state index is 0.0215. The molecule has 0 spiro atoms. The molecule has 1 atom stereocenters. The van der Waals surface area contributed by atoms with Gasteiger partial charge < -0.3 is 5.32 Å². The van der Waals surface area contributed by atoms with Crippen LogP contribution in [0.4, 0.5) is 5.69 Å². The van der Waals surface area contributed by atoms with E-state index in [4.69, 9.17) is 0 Å². The number of hydrogen-bond donors (Lipinski definition) is 1. The maximum Gasteiger partial charge on any atom is 0.228 e. The van der Waals surface area contributed by atoms with E-state index in [1.165, 1.54) is 0 Å². The van der Waals surface area contributed by atoms with Crippen LogP contribution < -0.4 is 5.32 Å². The molecule has 0 aromatic carbocycles. The number of carbonyl (C=O) groups is 1. The van der Waals surface area contributed by atoms with Crippen LogP contribution in [0.3, 0.4) is 0 Å². The Bertz CT molecular complexity index is 582. The van der Waals surface area contributed by atoms with Crippen LogP contribution in [0, 0.1) is 12.8 Å². The summed E-state index contributed by atoms with van der Waals surface area (Å²) in [6.07, 6.45) is 7.26. The summed E-state index contributed by atoms with van der Waals surface area (Å²) < 4.78 is 1.72. The number of thioether (sulfide) groups is 1. The van der Waals surface area contributed by atoms with Gasteiger partial charge in [0.2, 0.25) is 5.91 Å². The lowest BCUT2D eigenvalue weighted by Crippen LogP contribution is -2.22. The normalized spacial score (nSPS) is 12.2. The van der Waals surface area contributed by atoms with E-state index in [-0.39, 0.29) is 11.8 Å². The molecule has 20 heavy (non-hydrogen) atoms. The number of aromatic nitrogens is 3. The van der Waals surface area contributed by atoms with E-state index in [9.17, 15) is 4.79 Å². The van der Waals surface area contributed by atoms with Crippen molar-refractivity contribution in [3.8, 4) is 5.69 Å². The molecule has 0 radical (unpaired) electrons. The molecule has 2 aromatic rings. The van der Waals surface area contributed by atoms with Gasteiger partial charge in [-0.05, 0) is 25.3 Å². The lowest BCUT2D eigenvalue weighted by molar-refractivity contribution is -0.118. The Balaban J connectivity index is 2.14. The number of carbonyl (C=O) groups excluding carboxylic acids is 1. The first kappa shape index (κ1) is 14.6. The fourth-order valence-corrected chi connectivity index (χ4v) is 2.44. The zero-order chi connectivity index (χ0) is 14.5. The van der Waals surface area contributed by atoms with E-state index in [0.29, 0.717) is 0 Å². The molecule has 0 saturated heterocycles. The topological polar surface area (TPSA) is 59.8 Å². The SMILES string of the molecule is CSCC(C)C(=O)Nc1cn(-c2cccnc2)nc1C. The van der Waals surface area contributed by atoms with Gasteiger partial charge >= 0.3 is 0 Å². The Labute approximate surface area is 122 Å². The Morgan fingerprint density at radius 1 is 1.55 bits per heavy atom. The maximum atomic E-state index is 12.0. The molecule has 2 heterocycles. The molecule has 0 bridgehead atoms. The highest BCUT2D eigenvalue weighted by molar-refractivity contribution is 7.98. The first-order chi connectivity index (χ1) is 9.61. The molecular weight excluding hydrogens is 272 g/mol. The zero-order valence-corrected chi connectivity index (χ0v) is 12.6. The van der Waals surface area contributed by atoms with Crippen LogP contribution in [0.15, 0.2) is 30.7 Å². The van der Waals surface area contributed by atoms with Gasteiger partial charge in [-0.1, -0.05) is 6.92 Å². The molecule has 2 aromatic heterocycles. The van der Waals surface area contributed by atoms with Gasteiger partial charge in [-0.25, -0.2) is 4.68 Å². The number of nitrogens with zero attached hydrogens (tertiary/aromatic N) is 3. The molecule has 5 nitrogen and oxygen atoms in total. The quantitative estimate of drug-likeness (QED) is 0.919. The lowest BCUT2D eigenvalue weighted by Gasteiger charge is -2.09. The molecule has 0 fully saturated rings. The van der Waals surface area contributed by atoms with E-state index in [1.54, 1.807) is 28.8 Å². The van der Waals surface area contributed by atoms with Gasteiger partial charge in [0.05, 0.1) is 29.5 Å². The summed E-state index contributed by atoms with van der Waals surface area (Å²) >= 11 is 1.66. The van der Waals surface area contributed by atoms with Crippen LogP contribution in [0.1, 0.15) is 12.6 Å². The number of anilines is 1. The third kappa shape index (κ3) is 3.39. The minimum Gasteiger partial charge on any atom is -0.323 e. The second-order valence-corrected chi connectivity index (χ2v) is 5.54. The monoisotopic (exact) mass is 290 g/mol. The molecule has 2 rings (SSSR count). The highest BCUT2D eigenvalue weighted by atomic mass is 32.2. The van der Waals surface area contributed by atoms with Gasteiger partial charge in [-0.15, -0.1) is 0 Å². The summed E-state index contributed by atoms with van der Waals surface area (Å²) in [7, 11) is 0. The molecule has 0 saturated carbocycles. The molecule has 106 valence electrons. The van der Waals surface area contributed by atoms with Crippen molar-refractivity contribution in [1.29, 1.82) is 0 Å². The number of amides is 1.